The number of benzene rings is 6. The van der Waals surface area contributed by atoms with E-state index >= 15 is 0 Å². The number of carbonyl (C=O) groups is 1. The molecule has 0 saturated heterocycles. The van der Waals surface area contributed by atoms with Crippen molar-refractivity contribution >= 4 is 61.5 Å². The normalized spacial score (nSPS) is 11.7. The smallest absolute Gasteiger partial charge is 0.269 e. The van der Waals surface area contributed by atoms with Crippen molar-refractivity contribution in [2.75, 3.05) is 0 Å². The van der Waals surface area contributed by atoms with Gasteiger partial charge >= 0.3 is 0 Å². The molecule has 0 amide bonds. The molecule has 6 nitrogen and oxygen atoms in total. The van der Waals surface area contributed by atoms with Gasteiger partial charge in [0.25, 0.3) is 5.69 Å². The summed E-state index contributed by atoms with van der Waals surface area (Å²) < 4.78 is 1.76. The molecule has 6 aromatic carbocycles. The third-order valence-electron chi connectivity index (χ3n) is 7.38. The lowest BCUT2D eigenvalue weighted by molar-refractivity contribution is -0.384. The second-order valence-electron chi connectivity index (χ2n) is 9.83. The number of non-ortho nitro benzene ring substituents is 1. The molecule has 0 spiro atoms. The summed E-state index contributed by atoms with van der Waals surface area (Å²) in [5.74, 6) is -0.267. The molecule has 0 aliphatic heterocycles. The van der Waals surface area contributed by atoms with E-state index in [1.807, 2.05) is 24.4 Å². The van der Waals surface area contributed by atoms with E-state index < -0.39 is 4.92 Å². The van der Waals surface area contributed by atoms with Crippen molar-refractivity contribution in [3.05, 3.63) is 142 Å². The molecule has 7 rings (SSSR count). The van der Waals surface area contributed by atoms with Crippen molar-refractivity contribution in [1.29, 1.82) is 0 Å². The second-order valence-corrected chi connectivity index (χ2v) is 10.3. The van der Waals surface area contributed by atoms with Crippen molar-refractivity contribution < 1.29 is 9.72 Å². The summed E-state index contributed by atoms with van der Waals surface area (Å²) in [6, 6.07) is 32.1. The average molecular weight is 554 g/mol. The minimum Gasteiger partial charge on any atom is -0.289 e. The first-order valence-corrected chi connectivity index (χ1v) is 13.3. The number of rotatable bonds is 6. The van der Waals surface area contributed by atoms with Gasteiger partial charge in [-0.1, -0.05) is 72.3 Å². The molecule has 0 saturated carbocycles. The van der Waals surface area contributed by atoms with Crippen LogP contribution in [0.15, 0.2) is 115 Å². The number of hydrogen-bond acceptors (Lipinski definition) is 4. The monoisotopic (exact) mass is 553 g/mol. The predicted molar refractivity (Wildman–Crippen MR) is 164 cm³/mol. The van der Waals surface area contributed by atoms with Gasteiger partial charge in [0.2, 0.25) is 0 Å². The van der Waals surface area contributed by atoms with Gasteiger partial charge < -0.3 is 0 Å². The Hall–Kier alpha value is -5.33. The minimum atomic E-state index is -0.489. The number of nitrogens with zero attached hydrogens (tertiary/aromatic N) is 3. The van der Waals surface area contributed by atoms with Crippen LogP contribution in [0, 0.1) is 10.1 Å². The first-order valence-electron chi connectivity index (χ1n) is 13.0. The summed E-state index contributed by atoms with van der Waals surface area (Å²) in [6.07, 6.45) is 5.09. The summed E-state index contributed by atoms with van der Waals surface area (Å²) in [4.78, 5) is 23.5. The lowest BCUT2D eigenvalue weighted by atomic mass is 9.90. The molecule has 0 atom stereocenters. The molecule has 1 heterocycles. The number of ketones is 1. The molecule has 0 unspecified atom stereocenters. The van der Waals surface area contributed by atoms with Crippen molar-refractivity contribution in [3.63, 3.8) is 0 Å². The number of allylic oxidation sites excluding steroid dienone is 1. The van der Waals surface area contributed by atoms with E-state index in [1.54, 1.807) is 16.8 Å². The van der Waals surface area contributed by atoms with Gasteiger partial charge in [-0.3, -0.25) is 14.9 Å². The zero-order valence-corrected chi connectivity index (χ0v) is 22.2. The van der Waals surface area contributed by atoms with Gasteiger partial charge in [-0.15, -0.1) is 0 Å². The molecule has 41 heavy (non-hydrogen) atoms. The van der Waals surface area contributed by atoms with Crippen LogP contribution in [0.3, 0.4) is 0 Å². The zero-order valence-electron chi connectivity index (χ0n) is 21.5. The van der Waals surface area contributed by atoms with Crippen molar-refractivity contribution in [3.8, 4) is 16.9 Å². The summed E-state index contributed by atoms with van der Waals surface area (Å²) in [5, 5.41) is 23.5. The fraction of sp³-hybridized carbons (Fsp3) is 0. The van der Waals surface area contributed by atoms with E-state index in [9.17, 15) is 14.9 Å². The van der Waals surface area contributed by atoms with Gasteiger partial charge in [-0.25, -0.2) is 4.68 Å². The standard InChI is InChI=1S/C34H20ClN3O3/c35-26-5-2-6-28(19-26)37-20-25(13-18-31(39)21-9-14-27(15-10-21)38(40)41)34(36-37)30-17-12-24-8-7-22-3-1-4-23-11-16-29(30)33(24)32(22)23/h1-20H/b18-13+. The number of nitro groups is 1. The van der Waals surface area contributed by atoms with Crippen LogP contribution in [-0.4, -0.2) is 20.5 Å². The van der Waals surface area contributed by atoms with Crippen LogP contribution in [0.5, 0.6) is 0 Å². The number of hydrogen-bond donors (Lipinski definition) is 0. The molecule has 0 aliphatic carbocycles. The minimum absolute atomic E-state index is 0.0652. The molecule has 1 aromatic heterocycles. The SMILES string of the molecule is O=C(/C=C/c1cn(-c2cccc(Cl)c2)nc1-c1ccc2ccc3cccc4ccc1c2c34)c1ccc([N+](=O)[O-])cc1. The Kier molecular flexibility index (Phi) is 5.84. The van der Waals surface area contributed by atoms with Crippen LogP contribution in [0.2, 0.25) is 5.02 Å². The maximum atomic E-state index is 13.0. The van der Waals surface area contributed by atoms with Gasteiger partial charge in [-0.05, 0) is 74.8 Å². The van der Waals surface area contributed by atoms with E-state index in [4.69, 9.17) is 16.7 Å². The van der Waals surface area contributed by atoms with Crippen molar-refractivity contribution in [1.82, 2.24) is 9.78 Å². The summed E-state index contributed by atoms with van der Waals surface area (Å²) >= 11 is 6.28. The molecular weight excluding hydrogens is 534 g/mol. The van der Waals surface area contributed by atoms with Crippen LogP contribution in [0.4, 0.5) is 5.69 Å². The van der Waals surface area contributed by atoms with E-state index in [0.717, 1.165) is 33.3 Å². The van der Waals surface area contributed by atoms with Crippen LogP contribution in [-0.2, 0) is 0 Å². The summed E-state index contributed by atoms with van der Waals surface area (Å²) in [5.41, 5.74) is 3.49. The Morgan fingerprint density at radius 1 is 0.829 bits per heavy atom. The third kappa shape index (κ3) is 4.31. The summed E-state index contributed by atoms with van der Waals surface area (Å²) in [7, 11) is 0. The Bertz CT molecular complexity index is 2150. The first-order chi connectivity index (χ1) is 20.0. The Labute approximate surface area is 239 Å². The van der Waals surface area contributed by atoms with Gasteiger partial charge in [0.15, 0.2) is 5.78 Å². The number of halogens is 1. The topological polar surface area (TPSA) is 78.0 Å². The predicted octanol–water partition coefficient (Wildman–Crippen LogP) is 8.89. The second kappa shape index (κ2) is 9.70. The first kappa shape index (κ1) is 24.7. The largest absolute Gasteiger partial charge is 0.289 e. The lowest BCUT2D eigenvalue weighted by Crippen LogP contribution is -1.95. The molecule has 0 bridgehead atoms. The van der Waals surface area contributed by atoms with Crippen LogP contribution in [0.25, 0.3) is 55.3 Å². The van der Waals surface area contributed by atoms with Gasteiger partial charge in [0.05, 0.1) is 10.6 Å². The highest BCUT2D eigenvalue weighted by atomic mass is 35.5. The molecule has 196 valence electrons. The fourth-order valence-electron chi connectivity index (χ4n) is 5.42. The molecular formula is C34H20ClN3O3. The highest BCUT2D eigenvalue weighted by Gasteiger charge is 2.17. The highest BCUT2D eigenvalue weighted by Crippen LogP contribution is 2.40. The molecule has 0 fully saturated rings. The van der Waals surface area contributed by atoms with E-state index in [0.29, 0.717) is 10.6 Å². The maximum absolute atomic E-state index is 13.0. The fourth-order valence-corrected chi connectivity index (χ4v) is 5.60. The van der Waals surface area contributed by atoms with Gasteiger partial charge in [-0.2, -0.15) is 5.10 Å². The molecule has 7 aromatic rings. The number of aromatic nitrogens is 2. The van der Waals surface area contributed by atoms with Crippen molar-refractivity contribution in [2.45, 2.75) is 0 Å². The highest BCUT2D eigenvalue weighted by molar-refractivity contribution is 6.30. The Balaban J connectivity index is 1.39. The number of nitro benzene ring substituents is 1. The van der Waals surface area contributed by atoms with Crippen molar-refractivity contribution in [2.24, 2.45) is 0 Å². The van der Waals surface area contributed by atoms with Crippen LogP contribution in [0.1, 0.15) is 15.9 Å². The molecule has 0 radical (unpaired) electrons. The van der Waals surface area contributed by atoms with Gasteiger partial charge in [0.1, 0.15) is 5.69 Å². The summed E-state index contributed by atoms with van der Waals surface area (Å²) in [6.45, 7) is 0. The van der Waals surface area contributed by atoms with E-state index in [2.05, 4.69) is 54.6 Å². The molecule has 7 heteroatoms. The van der Waals surface area contributed by atoms with Gasteiger partial charge in [0, 0.05) is 40.0 Å². The quantitative estimate of drug-likeness (QED) is 0.0677. The molecule has 0 N–H and O–H groups in total. The number of carbonyl (C=O) groups excluding carboxylic acids is 1. The van der Waals surface area contributed by atoms with E-state index in [1.165, 1.54) is 51.9 Å². The third-order valence-corrected chi connectivity index (χ3v) is 7.61. The Morgan fingerprint density at radius 2 is 1.51 bits per heavy atom. The zero-order chi connectivity index (χ0) is 28.1. The Morgan fingerprint density at radius 3 is 2.24 bits per heavy atom. The maximum Gasteiger partial charge on any atom is 0.269 e. The van der Waals surface area contributed by atoms with Crippen LogP contribution >= 0.6 is 11.6 Å². The average Bonchev–Trinajstić information content (AvgIpc) is 3.42. The lowest BCUT2D eigenvalue weighted by Gasteiger charge is -2.13. The molecule has 0 aliphatic rings. The van der Waals surface area contributed by atoms with Crippen LogP contribution < -0.4 is 0 Å². The van der Waals surface area contributed by atoms with E-state index in [-0.39, 0.29) is 11.5 Å².